The molecule has 0 spiro atoms. The van der Waals surface area contributed by atoms with Gasteiger partial charge in [0.05, 0.1) is 5.39 Å². The van der Waals surface area contributed by atoms with Crippen LogP contribution in [-0.4, -0.2) is 40.5 Å². The molecule has 0 radical (unpaired) electrons. The molecule has 2 aromatic heterocycles. The number of likely N-dealkylation sites (tertiary alicyclic amines) is 1. The predicted molar refractivity (Wildman–Crippen MR) is 91.8 cm³/mol. The molecule has 1 fully saturated rings. The number of hydrogen-bond acceptors (Lipinski definition) is 5. The number of nitrogens with zero attached hydrogens (tertiary/aromatic N) is 3. The molecule has 2 amide bonds. The Morgan fingerprint density at radius 3 is 3.09 bits per heavy atom. The molecule has 3 N–H and O–H groups in total. The number of fused-ring (bicyclic) bond motifs is 3. The maximum Gasteiger partial charge on any atom is 0.314 e. The van der Waals surface area contributed by atoms with Gasteiger partial charge in [-0.05, 0) is 43.6 Å². The number of rotatable bonds is 3. The van der Waals surface area contributed by atoms with E-state index in [4.69, 9.17) is 5.73 Å². The molecule has 0 unspecified atom stereocenters. The number of thiophene rings is 1. The third-order valence-electron chi connectivity index (χ3n) is 4.91. The highest BCUT2D eigenvalue weighted by atomic mass is 32.1. The van der Waals surface area contributed by atoms with Crippen molar-refractivity contribution in [3.63, 3.8) is 0 Å². The first-order valence-corrected chi connectivity index (χ1v) is 9.07. The molecule has 0 saturated carbocycles. The summed E-state index contributed by atoms with van der Waals surface area (Å²) in [4.78, 5) is 24.5. The number of aryl methyl sites for hydroxylation is 2. The molecule has 4 rings (SSSR count). The predicted octanol–water partition coefficient (Wildman–Crippen LogP) is 2.38. The second kappa shape index (κ2) is 5.96. The molecule has 3 heterocycles. The summed E-state index contributed by atoms with van der Waals surface area (Å²) < 4.78 is 0. The quantitative estimate of drug-likeness (QED) is 0.904. The molecular weight excluding hydrogens is 310 g/mol. The van der Waals surface area contributed by atoms with Crippen molar-refractivity contribution in [1.29, 1.82) is 0 Å². The Balaban J connectivity index is 1.53. The summed E-state index contributed by atoms with van der Waals surface area (Å²) in [7, 11) is 0. The van der Waals surface area contributed by atoms with E-state index in [0.29, 0.717) is 5.92 Å². The molecule has 1 saturated heterocycles. The lowest BCUT2D eigenvalue weighted by Gasteiger charge is -2.15. The van der Waals surface area contributed by atoms with Gasteiger partial charge in [0.2, 0.25) is 0 Å². The number of carbonyl (C=O) groups excluding carboxylic acids is 1. The maximum absolute atomic E-state index is 11.2. The van der Waals surface area contributed by atoms with E-state index in [0.717, 1.165) is 43.1 Å². The topological polar surface area (TPSA) is 84.1 Å². The lowest BCUT2D eigenvalue weighted by Crippen LogP contribution is -2.34. The Kier molecular flexibility index (Phi) is 3.80. The lowest BCUT2D eigenvalue weighted by atomic mass is 9.97. The molecule has 2 aromatic rings. The number of hydrogen-bond donors (Lipinski definition) is 2. The van der Waals surface area contributed by atoms with E-state index in [9.17, 15) is 4.79 Å². The minimum absolute atomic E-state index is 0.316. The molecule has 122 valence electrons. The summed E-state index contributed by atoms with van der Waals surface area (Å²) in [5.74, 6) is 1.38. The number of nitrogens with one attached hydrogen (secondary N) is 1. The van der Waals surface area contributed by atoms with E-state index >= 15 is 0 Å². The molecule has 1 aliphatic carbocycles. The average molecular weight is 331 g/mol. The van der Waals surface area contributed by atoms with E-state index in [2.05, 4.69) is 15.3 Å². The van der Waals surface area contributed by atoms with E-state index < -0.39 is 0 Å². The van der Waals surface area contributed by atoms with Crippen LogP contribution in [0.15, 0.2) is 6.33 Å². The fraction of sp³-hybridized carbons (Fsp3) is 0.562. The van der Waals surface area contributed by atoms with Crippen molar-refractivity contribution in [3.05, 3.63) is 16.8 Å². The van der Waals surface area contributed by atoms with Crippen molar-refractivity contribution in [2.75, 3.05) is 25.0 Å². The minimum Gasteiger partial charge on any atom is -0.369 e. The van der Waals surface area contributed by atoms with Crippen molar-refractivity contribution in [3.8, 4) is 0 Å². The van der Waals surface area contributed by atoms with Crippen LogP contribution in [0.1, 0.15) is 29.7 Å². The molecule has 2 aliphatic rings. The van der Waals surface area contributed by atoms with Crippen LogP contribution in [0.25, 0.3) is 10.2 Å². The Hall–Kier alpha value is -1.89. The number of anilines is 1. The maximum atomic E-state index is 11.2. The van der Waals surface area contributed by atoms with Crippen LogP contribution in [-0.2, 0) is 12.8 Å². The van der Waals surface area contributed by atoms with Gasteiger partial charge in [0, 0.05) is 24.5 Å². The van der Waals surface area contributed by atoms with Crippen LogP contribution >= 0.6 is 11.3 Å². The van der Waals surface area contributed by atoms with Crippen molar-refractivity contribution in [1.82, 2.24) is 14.9 Å². The molecule has 23 heavy (non-hydrogen) atoms. The lowest BCUT2D eigenvalue weighted by molar-refractivity contribution is 0.217. The Labute approximate surface area is 139 Å². The summed E-state index contributed by atoms with van der Waals surface area (Å²) in [5.41, 5.74) is 6.80. The number of amides is 2. The van der Waals surface area contributed by atoms with Crippen LogP contribution < -0.4 is 11.1 Å². The summed E-state index contributed by atoms with van der Waals surface area (Å²) in [6.45, 7) is 2.31. The van der Waals surface area contributed by atoms with Gasteiger partial charge in [-0.25, -0.2) is 14.8 Å². The highest BCUT2D eigenvalue weighted by Crippen LogP contribution is 2.38. The number of urea groups is 1. The third-order valence-corrected chi connectivity index (χ3v) is 6.11. The van der Waals surface area contributed by atoms with E-state index in [-0.39, 0.29) is 6.03 Å². The molecule has 1 atom stereocenters. The minimum atomic E-state index is -0.316. The molecule has 7 heteroatoms. The fourth-order valence-corrected chi connectivity index (χ4v) is 4.89. The second-order valence-corrected chi connectivity index (χ2v) is 7.52. The first kappa shape index (κ1) is 14.7. The Morgan fingerprint density at radius 2 is 2.26 bits per heavy atom. The highest BCUT2D eigenvalue weighted by molar-refractivity contribution is 7.19. The molecular formula is C16H21N5OS. The second-order valence-electron chi connectivity index (χ2n) is 6.43. The molecule has 0 aromatic carbocycles. The van der Waals surface area contributed by atoms with Gasteiger partial charge in [-0.3, -0.25) is 0 Å². The van der Waals surface area contributed by atoms with Gasteiger partial charge < -0.3 is 16.0 Å². The van der Waals surface area contributed by atoms with E-state index in [1.165, 1.54) is 35.1 Å². The number of nitrogens with two attached hydrogens (primary N) is 1. The zero-order valence-electron chi connectivity index (χ0n) is 13.0. The van der Waals surface area contributed by atoms with Gasteiger partial charge in [0.15, 0.2) is 0 Å². The first-order valence-electron chi connectivity index (χ1n) is 8.26. The van der Waals surface area contributed by atoms with Crippen molar-refractivity contribution < 1.29 is 4.79 Å². The normalized spacial score (nSPS) is 20.7. The van der Waals surface area contributed by atoms with E-state index in [1.807, 2.05) is 11.3 Å². The number of carbonyl (C=O) groups is 1. The largest absolute Gasteiger partial charge is 0.369 e. The van der Waals surface area contributed by atoms with Gasteiger partial charge in [-0.15, -0.1) is 11.3 Å². The Morgan fingerprint density at radius 1 is 1.39 bits per heavy atom. The van der Waals surface area contributed by atoms with Crippen LogP contribution in [0.2, 0.25) is 0 Å². The van der Waals surface area contributed by atoms with Gasteiger partial charge in [0.25, 0.3) is 0 Å². The zero-order valence-corrected chi connectivity index (χ0v) is 13.9. The van der Waals surface area contributed by atoms with Gasteiger partial charge >= 0.3 is 6.03 Å². The summed E-state index contributed by atoms with van der Waals surface area (Å²) in [6, 6.07) is -0.316. The summed E-state index contributed by atoms with van der Waals surface area (Å²) >= 11 is 1.82. The highest BCUT2D eigenvalue weighted by Gasteiger charge is 2.25. The average Bonchev–Trinajstić information content (AvgIpc) is 3.17. The molecule has 6 nitrogen and oxygen atoms in total. The smallest absolute Gasteiger partial charge is 0.314 e. The first-order chi connectivity index (χ1) is 11.2. The van der Waals surface area contributed by atoms with Crippen LogP contribution in [0.4, 0.5) is 10.6 Å². The van der Waals surface area contributed by atoms with Gasteiger partial charge in [-0.2, -0.15) is 0 Å². The van der Waals surface area contributed by atoms with Crippen molar-refractivity contribution >= 4 is 33.4 Å². The van der Waals surface area contributed by atoms with Crippen LogP contribution in [0, 0.1) is 5.92 Å². The molecule has 1 aliphatic heterocycles. The molecule has 0 bridgehead atoms. The third kappa shape index (κ3) is 2.73. The van der Waals surface area contributed by atoms with Crippen molar-refractivity contribution in [2.24, 2.45) is 11.7 Å². The summed E-state index contributed by atoms with van der Waals surface area (Å²) in [6.07, 6.45) is 7.48. The zero-order chi connectivity index (χ0) is 15.8. The standard InChI is InChI=1S/C16H21N5OS/c17-16(22)21-6-5-10(8-21)7-18-14-13-11-3-1-2-4-12(11)23-15(13)20-9-19-14/h9-10H,1-8H2,(H2,17,22)(H,18,19,20)/t10-/m1/s1. The Bertz CT molecular complexity index is 743. The van der Waals surface area contributed by atoms with Crippen molar-refractivity contribution in [2.45, 2.75) is 32.1 Å². The number of primary amides is 1. The van der Waals surface area contributed by atoms with E-state index in [1.54, 1.807) is 11.2 Å². The number of aromatic nitrogens is 2. The summed E-state index contributed by atoms with van der Waals surface area (Å²) in [5, 5.41) is 4.72. The van der Waals surface area contributed by atoms with Crippen LogP contribution in [0.3, 0.4) is 0 Å². The monoisotopic (exact) mass is 331 g/mol. The van der Waals surface area contributed by atoms with Gasteiger partial charge in [-0.1, -0.05) is 0 Å². The van der Waals surface area contributed by atoms with Gasteiger partial charge in [0.1, 0.15) is 17.0 Å². The fourth-order valence-electron chi connectivity index (χ4n) is 3.66. The SMILES string of the molecule is NC(=O)N1CC[C@H](CNc2ncnc3sc4c(c23)CCCC4)C1. The van der Waals surface area contributed by atoms with Crippen LogP contribution in [0.5, 0.6) is 0 Å².